The maximum atomic E-state index is 9.71. The Balaban J connectivity index is 2.17. The maximum absolute atomic E-state index is 9.71. The molecular formula is C18H18O2. The van der Waals surface area contributed by atoms with E-state index in [1.54, 1.807) is 18.2 Å². The van der Waals surface area contributed by atoms with Gasteiger partial charge in [-0.2, -0.15) is 0 Å². The van der Waals surface area contributed by atoms with Gasteiger partial charge in [0.05, 0.1) is 0 Å². The first-order valence-electron chi connectivity index (χ1n) is 6.95. The lowest BCUT2D eigenvalue weighted by molar-refractivity contribution is 0.474. The highest BCUT2D eigenvalue weighted by Crippen LogP contribution is 2.49. The summed E-state index contributed by atoms with van der Waals surface area (Å²) in [6.45, 7) is 4.29. The zero-order valence-electron chi connectivity index (χ0n) is 11.7. The van der Waals surface area contributed by atoms with Crippen molar-refractivity contribution in [3.05, 3.63) is 59.2 Å². The average molecular weight is 266 g/mol. The lowest BCUT2D eigenvalue weighted by atomic mass is 9.89. The maximum Gasteiger partial charge on any atom is 0.116 e. The molecule has 2 N–H and O–H groups in total. The Morgan fingerprint density at radius 1 is 0.950 bits per heavy atom. The highest BCUT2D eigenvalue weighted by atomic mass is 16.3. The van der Waals surface area contributed by atoms with Crippen LogP contribution in [0.1, 0.15) is 42.9 Å². The molecule has 20 heavy (non-hydrogen) atoms. The van der Waals surface area contributed by atoms with E-state index in [9.17, 15) is 10.2 Å². The van der Waals surface area contributed by atoms with Crippen LogP contribution in [0.4, 0.5) is 0 Å². The lowest BCUT2D eigenvalue weighted by Gasteiger charge is -2.15. The van der Waals surface area contributed by atoms with Crippen LogP contribution in [0.3, 0.4) is 0 Å². The van der Waals surface area contributed by atoms with Gasteiger partial charge in [0.25, 0.3) is 0 Å². The van der Waals surface area contributed by atoms with E-state index in [1.165, 1.54) is 16.7 Å². The molecule has 0 unspecified atom stereocenters. The minimum Gasteiger partial charge on any atom is -0.508 e. The fourth-order valence-corrected chi connectivity index (χ4v) is 3.22. The fraction of sp³-hybridized carbons (Fsp3) is 0.222. The molecule has 0 aliphatic heterocycles. The van der Waals surface area contributed by atoms with Crippen LogP contribution in [0, 0.1) is 0 Å². The first kappa shape index (κ1) is 12.8. The molecule has 102 valence electrons. The molecule has 0 spiro atoms. The summed E-state index contributed by atoms with van der Waals surface area (Å²) in [6, 6.07) is 13.0. The summed E-state index contributed by atoms with van der Waals surface area (Å²) < 4.78 is 0. The third kappa shape index (κ3) is 1.88. The van der Waals surface area contributed by atoms with Gasteiger partial charge in [-0.15, -0.1) is 0 Å². The van der Waals surface area contributed by atoms with E-state index < -0.39 is 0 Å². The van der Waals surface area contributed by atoms with E-state index in [4.69, 9.17) is 0 Å². The van der Waals surface area contributed by atoms with Crippen molar-refractivity contribution < 1.29 is 10.2 Å². The second-order valence-electron chi connectivity index (χ2n) is 5.32. The predicted octanol–water partition coefficient (Wildman–Crippen LogP) is 4.54. The molecule has 0 saturated carbocycles. The van der Waals surface area contributed by atoms with Crippen LogP contribution >= 0.6 is 0 Å². The topological polar surface area (TPSA) is 40.5 Å². The summed E-state index contributed by atoms with van der Waals surface area (Å²) in [6.07, 6.45) is 1.02. The Morgan fingerprint density at radius 2 is 1.60 bits per heavy atom. The largest absolute Gasteiger partial charge is 0.508 e. The Bertz CT molecular complexity index is 681. The number of allylic oxidation sites excluding steroid dienone is 2. The van der Waals surface area contributed by atoms with E-state index in [0.717, 1.165) is 17.5 Å². The van der Waals surface area contributed by atoms with Gasteiger partial charge in [0.1, 0.15) is 11.5 Å². The Labute approximate surface area is 119 Å². The molecule has 2 nitrogen and oxygen atoms in total. The van der Waals surface area contributed by atoms with Crippen molar-refractivity contribution in [2.75, 3.05) is 0 Å². The molecule has 3 rings (SSSR count). The van der Waals surface area contributed by atoms with Gasteiger partial charge < -0.3 is 10.2 Å². The zero-order chi connectivity index (χ0) is 14.3. The highest BCUT2D eigenvalue weighted by molar-refractivity contribution is 5.98. The number of hydrogen-bond donors (Lipinski definition) is 2. The Morgan fingerprint density at radius 3 is 2.25 bits per heavy atom. The Hall–Kier alpha value is -2.22. The molecule has 1 atom stereocenters. The minimum absolute atomic E-state index is 0.285. The summed E-state index contributed by atoms with van der Waals surface area (Å²) in [4.78, 5) is 0. The summed E-state index contributed by atoms with van der Waals surface area (Å²) in [5.41, 5.74) is 6.08. The van der Waals surface area contributed by atoms with Gasteiger partial charge in [-0.1, -0.05) is 25.1 Å². The fourth-order valence-electron chi connectivity index (χ4n) is 3.22. The number of fused-ring (bicyclic) bond motifs is 1. The van der Waals surface area contributed by atoms with Crippen molar-refractivity contribution >= 4 is 11.1 Å². The molecule has 2 aromatic rings. The number of hydrogen-bond acceptors (Lipinski definition) is 2. The van der Waals surface area contributed by atoms with Crippen molar-refractivity contribution in [1.29, 1.82) is 0 Å². The lowest BCUT2D eigenvalue weighted by Crippen LogP contribution is -1.96. The molecule has 0 fully saturated rings. The molecule has 2 aromatic carbocycles. The van der Waals surface area contributed by atoms with Crippen LogP contribution in [0.15, 0.2) is 42.5 Å². The second-order valence-corrected chi connectivity index (χ2v) is 5.32. The van der Waals surface area contributed by atoms with Gasteiger partial charge in [0.2, 0.25) is 0 Å². The van der Waals surface area contributed by atoms with Gasteiger partial charge >= 0.3 is 0 Å². The van der Waals surface area contributed by atoms with Crippen LogP contribution in [0.5, 0.6) is 11.5 Å². The summed E-state index contributed by atoms with van der Waals surface area (Å²) in [7, 11) is 0. The van der Waals surface area contributed by atoms with E-state index >= 15 is 0 Å². The zero-order valence-corrected chi connectivity index (χ0v) is 11.7. The van der Waals surface area contributed by atoms with Crippen molar-refractivity contribution in [2.45, 2.75) is 26.2 Å². The monoisotopic (exact) mass is 266 g/mol. The smallest absolute Gasteiger partial charge is 0.116 e. The van der Waals surface area contributed by atoms with Crippen LogP contribution in [-0.4, -0.2) is 10.2 Å². The minimum atomic E-state index is 0.285. The number of benzene rings is 2. The van der Waals surface area contributed by atoms with E-state index in [0.29, 0.717) is 11.7 Å². The van der Waals surface area contributed by atoms with Gasteiger partial charge in [-0.25, -0.2) is 0 Å². The SMILES string of the molecule is CC[C@H]1C(c2ccc(O)cc2)=C(C)c2cc(O)ccc21. The van der Waals surface area contributed by atoms with Gasteiger partial charge in [0.15, 0.2) is 0 Å². The molecule has 0 radical (unpaired) electrons. The summed E-state index contributed by atoms with van der Waals surface area (Å²) >= 11 is 0. The third-order valence-electron chi connectivity index (χ3n) is 4.16. The molecule has 0 saturated heterocycles. The van der Waals surface area contributed by atoms with Crippen molar-refractivity contribution in [2.24, 2.45) is 0 Å². The first-order chi connectivity index (χ1) is 9.61. The predicted molar refractivity (Wildman–Crippen MR) is 81.7 cm³/mol. The number of rotatable bonds is 2. The normalized spacial score (nSPS) is 17.4. The Kier molecular flexibility index (Phi) is 3.01. The number of aromatic hydroxyl groups is 2. The molecule has 0 heterocycles. The molecular weight excluding hydrogens is 248 g/mol. The molecule has 2 heteroatoms. The quantitative estimate of drug-likeness (QED) is 0.838. The third-order valence-corrected chi connectivity index (χ3v) is 4.16. The first-order valence-corrected chi connectivity index (χ1v) is 6.95. The molecule has 0 amide bonds. The van der Waals surface area contributed by atoms with Crippen molar-refractivity contribution in [3.8, 4) is 11.5 Å². The highest BCUT2D eigenvalue weighted by Gasteiger charge is 2.28. The molecule has 0 bridgehead atoms. The van der Waals surface area contributed by atoms with Crippen LogP contribution in [0.2, 0.25) is 0 Å². The molecule has 1 aliphatic rings. The van der Waals surface area contributed by atoms with E-state index in [2.05, 4.69) is 13.8 Å². The summed E-state index contributed by atoms with van der Waals surface area (Å²) in [5.74, 6) is 0.952. The van der Waals surface area contributed by atoms with E-state index in [-0.39, 0.29) is 5.75 Å². The van der Waals surface area contributed by atoms with Crippen molar-refractivity contribution in [1.82, 2.24) is 0 Å². The molecule has 1 aliphatic carbocycles. The van der Waals surface area contributed by atoms with Gasteiger partial charge in [0, 0.05) is 5.92 Å². The van der Waals surface area contributed by atoms with Gasteiger partial charge in [-0.3, -0.25) is 0 Å². The van der Waals surface area contributed by atoms with Crippen LogP contribution in [-0.2, 0) is 0 Å². The summed E-state index contributed by atoms with van der Waals surface area (Å²) in [5, 5.41) is 19.2. The van der Waals surface area contributed by atoms with Crippen LogP contribution in [0.25, 0.3) is 11.1 Å². The molecule has 0 aromatic heterocycles. The average Bonchev–Trinajstić information content (AvgIpc) is 2.72. The number of phenols is 2. The standard InChI is InChI=1S/C18H18O2/c1-3-15-16-9-8-14(20)10-17(16)11(2)18(15)12-4-6-13(19)7-5-12/h4-10,15,19-20H,3H2,1-2H3/t15-/m1/s1. The van der Waals surface area contributed by atoms with Gasteiger partial charge in [-0.05, 0) is 65.4 Å². The van der Waals surface area contributed by atoms with Crippen molar-refractivity contribution in [3.63, 3.8) is 0 Å². The van der Waals surface area contributed by atoms with E-state index in [1.807, 2.05) is 24.3 Å². The number of phenolic OH excluding ortho intramolecular Hbond substituents is 2. The van der Waals surface area contributed by atoms with Crippen LogP contribution < -0.4 is 0 Å². The second kappa shape index (κ2) is 4.71.